The van der Waals surface area contributed by atoms with E-state index in [-0.39, 0.29) is 11.1 Å². The van der Waals surface area contributed by atoms with E-state index in [2.05, 4.69) is 60.3 Å². The molecule has 4 rings (SSSR count). The Morgan fingerprint density at radius 2 is 1.94 bits per heavy atom. The number of aryl methyl sites for hydroxylation is 1. The van der Waals surface area contributed by atoms with Gasteiger partial charge in [-0.3, -0.25) is 4.79 Å². The molecule has 7 nitrogen and oxygen atoms in total. The molecule has 1 saturated carbocycles. The standard InChI is InChI=1S/C24H34N6O/c1-5-24(3,4)30-22(26-27-28-30)16-29(20-9-7-6-8-10-20)15-19-14-18-13-17(2)11-12-21(18)25-23(19)31/h11-14,20H,5-10,15-16H2,1-4H3,(H,25,31)/p+1. The molecule has 31 heavy (non-hydrogen) atoms. The van der Waals surface area contributed by atoms with Crippen molar-refractivity contribution in [3.63, 3.8) is 0 Å². The molecule has 0 bridgehead atoms. The second-order valence-electron chi connectivity index (χ2n) is 9.73. The highest BCUT2D eigenvalue weighted by Gasteiger charge is 2.30. The Kier molecular flexibility index (Phi) is 6.23. The lowest BCUT2D eigenvalue weighted by Gasteiger charge is -2.32. The molecule has 0 spiro atoms. The van der Waals surface area contributed by atoms with Crippen molar-refractivity contribution in [3.8, 4) is 0 Å². The fourth-order valence-electron chi connectivity index (χ4n) is 4.75. The van der Waals surface area contributed by atoms with Gasteiger partial charge in [-0.25, -0.2) is 4.68 Å². The van der Waals surface area contributed by atoms with Crippen LogP contribution in [0, 0.1) is 6.92 Å². The number of tetrazole rings is 1. The van der Waals surface area contributed by atoms with Crippen LogP contribution in [-0.4, -0.2) is 31.2 Å². The average Bonchev–Trinajstić information content (AvgIpc) is 3.24. The minimum atomic E-state index is -0.130. The van der Waals surface area contributed by atoms with Crippen molar-refractivity contribution in [1.29, 1.82) is 0 Å². The van der Waals surface area contributed by atoms with Crippen molar-refractivity contribution in [1.82, 2.24) is 25.2 Å². The van der Waals surface area contributed by atoms with Crippen molar-refractivity contribution >= 4 is 10.9 Å². The fraction of sp³-hybridized carbons (Fsp3) is 0.583. The van der Waals surface area contributed by atoms with Gasteiger partial charge in [0.2, 0.25) is 5.82 Å². The third kappa shape index (κ3) is 4.71. The molecule has 166 valence electrons. The summed E-state index contributed by atoms with van der Waals surface area (Å²) in [5.41, 5.74) is 2.81. The van der Waals surface area contributed by atoms with Gasteiger partial charge < -0.3 is 9.88 Å². The molecule has 2 heterocycles. The van der Waals surface area contributed by atoms with Crippen LogP contribution in [0.2, 0.25) is 0 Å². The van der Waals surface area contributed by atoms with Gasteiger partial charge in [-0.2, -0.15) is 0 Å². The van der Waals surface area contributed by atoms with Gasteiger partial charge in [-0.1, -0.05) is 25.0 Å². The number of aromatic nitrogens is 5. The van der Waals surface area contributed by atoms with Crippen LogP contribution in [0.15, 0.2) is 29.1 Å². The number of hydrogen-bond donors (Lipinski definition) is 2. The second kappa shape index (κ2) is 8.91. The van der Waals surface area contributed by atoms with E-state index in [4.69, 9.17) is 0 Å². The van der Waals surface area contributed by atoms with Gasteiger partial charge in [0.1, 0.15) is 13.1 Å². The number of H-pyrrole nitrogens is 1. The van der Waals surface area contributed by atoms with Gasteiger partial charge in [0.15, 0.2) is 0 Å². The van der Waals surface area contributed by atoms with Crippen LogP contribution in [-0.2, 0) is 18.6 Å². The lowest BCUT2D eigenvalue weighted by Crippen LogP contribution is -3.13. The van der Waals surface area contributed by atoms with Gasteiger partial charge in [0.25, 0.3) is 5.56 Å². The summed E-state index contributed by atoms with van der Waals surface area (Å²) in [6, 6.07) is 8.76. The lowest BCUT2D eigenvalue weighted by molar-refractivity contribution is -0.954. The van der Waals surface area contributed by atoms with Gasteiger partial charge in [-0.05, 0) is 86.9 Å². The molecule has 2 N–H and O–H groups in total. The molecule has 1 aliphatic rings. The number of quaternary nitrogens is 1. The summed E-state index contributed by atoms with van der Waals surface area (Å²) in [5, 5.41) is 13.8. The predicted octanol–water partition coefficient (Wildman–Crippen LogP) is 2.89. The van der Waals surface area contributed by atoms with E-state index < -0.39 is 0 Å². The van der Waals surface area contributed by atoms with Crippen molar-refractivity contribution in [2.45, 2.75) is 90.9 Å². The molecule has 0 saturated heterocycles. The number of nitrogens with one attached hydrogen (secondary N) is 2. The molecule has 0 amide bonds. The molecular formula is C24H35N6O+. The monoisotopic (exact) mass is 423 g/mol. The van der Waals surface area contributed by atoms with Crippen molar-refractivity contribution < 1.29 is 4.90 Å². The van der Waals surface area contributed by atoms with Gasteiger partial charge in [0, 0.05) is 5.52 Å². The Morgan fingerprint density at radius 3 is 2.68 bits per heavy atom. The van der Waals surface area contributed by atoms with E-state index in [0.29, 0.717) is 12.6 Å². The maximum atomic E-state index is 12.9. The first-order chi connectivity index (χ1) is 14.9. The zero-order valence-corrected chi connectivity index (χ0v) is 19.2. The number of rotatable bonds is 7. The van der Waals surface area contributed by atoms with Crippen molar-refractivity contribution in [3.05, 3.63) is 51.6 Å². The first kappa shape index (κ1) is 21.7. The first-order valence-corrected chi connectivity index (χ1v) is 11.6. The summed E-state index contributed by atoms with van der Waals surface area (Å²) in [5.74, 6) is 0.903. The van der Waals surface area contributed by atoms with Crippen LogP contribution >= 0.6 is 0 Å². The van der Waals surface area contributed by atoms with Crippen LogP contribution in [0.4, 0.5) is 0 Å². The number of benzene rings is 1. The van der Waals surface area contributed by atoms with Gasteiger partial charge in [0.05, 0.1) is 17.1 Å². The van der Waals surface area contributed by atoms with Crippen molar-refractivity contribution in [2.75, 3.05) is 0 Å². The van der Waals surface area contributed by atoms with Crippen LogP contribution in [0.1, 0.15) is 76.2 Å². The Morgan fingerprint density at radius 1 is 1.16 bits per heavy atom. The molecule has 3 aromatic rings. The Bertz CT molecular complexity index is 1090. The number of pyridine rings is 1. The lowest BCUT2D eigenvalue weighted by atomic mass is 9.93. The molecular weight excluding hydrogens is 388 g/mol. The van der Waals surface area contributed by atoms with E-state index in [1.165, 1.54) is 42.6 Å². The smallest absolute Gasteiger partial charge is 0.257 e. The third-order valence-corrected chi connectivity index (χ3v) is 7.03. The quantitative estimate of drug-likeness (QED) is 0.612. The summed E-state index contributed by atoms with van der Waals surface area (Å²) >= 11 is 0. The SMILES string of the molecule is CCC(C)(C)n1nnnc1C[NH+](Cc1cc2cc(C)ccc2[nH]c1=O)C1CCCCC1. The summed E-state index contributed by atoms with van der Waals surface area (Å²) in [6.45, 7) is 10.00. The van der Waals surface area contributed by atoms with E-state index in [1.54, 1.807) is 0 Å². The van der Waals surface area contributed by atoms with Crippen LogP contribution in [0.3, 0.4) is 0 Å². The molecule has 0 radical (unpaired) electrons. The second-order valence-corrected chi connectivity index (χ2v) is 9.73. The maximum Gasteiger partial charge on any atom is 0.257 e. The summed E-state index contributed by atoms with van der Waals surface area (Å²) < 4.78 is 1.98. The fourth-order valence-corrected chi connectivity index (χ4v) is 4.75. The maximum absolute atomic E-state index is 12.9. The number of nitrogens with zero attached hydrogens (tertiary/aromatic N) is 4. The van der Waals surface area contributed by atoms with Crippen molar-refractivity contribution in [2.24, 2.45) is 0 Å². The van der Waals surface area contributed by atoms with E-state index in [0.717, 1.165) is 35.3 Å². The van der Waals surface area contributed by atoms with E-state index in [9.17, 15) is 4.79 Å². The zero-order valence-electron chi connectivity index (χ0n) is 19.2. The number of aromatic amines is 1. The molecule has 7 heteroatoms. The highest BCUT2D eigenvalue weighted by atomic mass is 16.1. The van der Waals surface area contributed by atoms with Crippen LogP contribution in [0.5, 0.6) is 0 Å². The highest BCUT2D eigenvalue weighted by Crippen LogP contribution is 2.20. The summed E-state index contributed by atoms with van der Waals surface area (Å²) in [7, 11) is 0. The molecule has 1 aliphatic carbocycles. The topological polar surface area (TPSA) is 80.9 Å². The number of hydrogen-bond acceptors (Lipinski definition) is 4. The molecule has 1 atom stereocenters. The van der Waals surface area contributed by atoms with Gasteiger partial charge >= 0.3 is 0 Å². The zero-order chi connectivity index (χ0) is 22.0. The summed E-state index contributed by atoms with van der Waals surface area (Å²) in [4.78, 5) is 17.4. The van der Waals surface area contributed by atoms with Crippen LogP contribution in [0.25, 0.3) is 10.9 Å². The Balaban J connectivity index is 1.67. The van der Waals surface area contributed by atoms with E-state index >= 15 is 0 Å². The number of fused-ring (bicyclic) bond motifs is 1. The Hall–Kier alpha value is -2.54. The molecule has 1 aromatic carbocycles. The normalized spacial score (nSPS) is 16.6. The first-order valence-electron chi connectivity index (χ1n) is 11.6. The largest absolute Gasteiger partial charge is 0.322 e. The molecule has 1 unspecified atom stereocenters. The van der Waals surface area contributed by atoms with Gasteiger partial charge in [-0.15, -0.1) is 5.10 Å². The minimum Gasteiger partial charge on any atom is -0.322 e. The van der Waals surface area contributed by atoms with Crippen LogP contribution < -0.4 is 10.5 Å². The highest BCUT2D eigenvalue weighted by molar-refractivity contribution is 5.79. The minimum absolute atomic E-state index is 0.0122. The molecule has 2 aromatic heterocycles. The summed E-state index contributed by atoms with van der Waals surface area (Å²) in [6.07, 6.45) is 7.16. The predicted molar refractivity (Wildman–Crippen MR) is 122 cm³/mol. The average molecular weight is 424 g/mol. The Labute approximate surface area is 183 Å². The van der Waals surface area contributed by atoms with E-state index in [1.807, 2.05) is 16.8 Å². The molecule has 1 fully saturated rings. The molecule has 0 aliphatic heterocycles. The third-order valence-electron chi connectivity index (χ3n) is 7.03.